The van der Waals surface area contributed by atoms with E-state index in [0.29, 0.717) is 53.2 Å². The van der Waals surface area contributed by atoms with Crippen LogP contribution in [0.5, 0.6) is 0 Å². The van der Waals surface area contributed by atoms with Crippen LogP contribution in [0.1, 0.15) is 0 Å². The van der Waals surface area contributed by atoms with Crippen LogP contribution in [0.2, 0.25) is 0 Å². The molecule has 5 rings (SSSR count). The highest BCUT2D eigenvalue weighted by molar-refractivity contribution is 6.00. The van der Waals surface area contributed by atoms with Gasteiger partial charge < -0.3 is 20.6 Å². The van der Waals surface area contributed by atoms with Crippen molar-refractivity contribution in [1.82, 2.24) is 14.9 Å². The highest BCUT2D eigenvalue weighted by Crippen LogP contribution is 2.33. The molecular weight excluding hydrogens is 502 g/mol. The number of halogens is 2. The molecule has 3 aromatic carbocycles. The minimum Gasteiger partial charge on any atom is -0.395 e. The third-order valence-corrected chi connectivity index (χ3v) is 6.64. The van der Waals surface area contributed by atoms with Crippen molar-refractivity contribution >= 4 is 39.8 Å². The monoisotopic (exact) mass is 530 g/mol. The number of rotatable bonds is 8. The summed E-state index contributed by atoms with van der Waals surface area (Å²) in [6.07, 6.45) is 2.73. The van der Waals surface area contributed by atoms with Gasteiger partial charge in [0.15, 0.2) is 0 Å². The Labute approximate surface area is 224 Å². The van der Waals surface area contributed by atoms with Gasteiger partial charge in [0.05, 0.1) is 17.8 Å². The number of fused-ring (bicyclic) bond motifs is 1. The maximum absolute atomic E-state index is 15.1. The maximum atomic E-state index is 15.1. The molecule has 1 aliphatic rings. The first-order valence-electron chi connectivity index (χ1n) is 12.6. The standard InChI is InChI=1S/C29H28F2N6O2/c1-2-26(39)33-21-5-3-4-19(16-21)27-23(30)8-6-20-18-32-29(35-28(20)27)34-22-7-9-25(24(31)17-22)37-12-10-36(11-13-37)14-15-38/h2-9,16-18,38H,1,10-15H2,(H,33,39)(H,32,34,35). The molecule has 0 aliphatic carbocycles. The van der Waals surface area contributed by atoms with Gasteiger partial charge in [-0.1, -0.05) is 18.7 Å². The Morgan fingerprint density at radius 2 is 1.85 bits per heavy atom. The second-order valence-electron chi connectivity index (χ2n) is 9.17. The second-order valence-corrected chi connectivity index (χ2v) is 9.17. The quantitative estimate of drug-likeness (QED) is 0.288. The zero-order valence-electron chi connectivity index (χ0n) is 21.2. The zero-order valence-corrected chi connectivity index (χ0v) is 21.2. The van der Waals surface area contributed by atoms with Crippen molar-refractivity contribution in [3.63, 3.8) is 0 Å². The number of carbonyl (C=O) groups is 1. The number of hydrogen-bond acceptors (Lipinski definition) is 7. The first-order chi connectivity index (χ1) is 18.9. The van der Waals surface area contributed by atoms with Crippen LogP contribution >= 0.6 is 0 Å². The minimum absolute atomic E-state index is 0.111. The van der Waals surface area contributed by atoms with Gasteiger partial charge >= 0.3 is 0 Å². The van der Waals surface area contributed by atoms with Gasteiger partial charge in [-0.15, -0.1) is 0 Å². The van der Waals surface area contributed by atoms with Crippen LogP contribution in [0, 0.1) is 11.6 Å². The molecule has 1 saturated heterocycles. The molecule has 1 amide bonds. The number of β-amino-alcohol motifs (C(OH)–C–C–N with tert-alkyl or cyclic N) is 1. The number of aliphatic hydroxyl groups excluding tert-OH is 1. The summed E-state index contributed by atoms with van der Waals surface area (Å²) in [7, 11) is 0. The van der Waals surface area contributed by atoms with E-state index < -0.39 is 5.82 Å². The largest absolute Gasteiger partial charge is 0.395 e. The predicted octanol–water partition coefficient (Wildman–Crippen LogP) is 4.56. The molecule has 0 bridgehead atoms. The Morgan fingerprint density at radius 1 is 1.03 bits per heavy atom. The third-order valence-electron chi connectivity index (χ3n) is 6.64. The van der Waals surface area contributed by atoms with Crippen molar-refractivity contribution in [2.24, 2.45) is 0 Å². The first-order valence-corrected chi connectivity index (χ1v) is 12.6. The van der Waals surface area contributed by atoms with E-state index in [4.69, 9.17) is 5.11 Å². The van der Waals surface area contributed by atoms with Crippen LogP contribution < -0.4 is 15.5 Å². The molecular formula is C29H28F2N6O2. The number of nitrogens with one attached hydrogen (secondary N) is 2. The Bertz CT molecular complexity index is 1520. The lowest BCUT2D eigenvalue weighted by Gasteiger charge is -2.36. The van der Waals surface area contributed by atoms with E-state index in [1.54, 1.807) is 48.7 Å². The van der Waals surface area contributed by atoms with E-state index >= 15 is 8.78 Å². The Morgan fingerprint density at radius 3 is 2.59 bits per heavy atom. The second kappa shape index (κ2) is 11.5. The summed E-state index contributed by atoms with van der Waals surface area (Å²) in [5.74, 6) is -1.04. The number of hydrogen-bond donors (Lipinski definition) is 3. The SMILES string of the molecule is C=CC(=O)Nc1cccc(-c2c(F)ccc3cnc(Nc4ccc(N5CCN(CCO)CC5)c(F)c4)nc23)c1. The minimum atomic E-state index is -0.478. The lowest BCUT2D eigenvalue weighted by Crippen LogP contribution is -2.47. The highest BCUT2D eigenvalue weighted by Gasteiger charge is 2.20. The normalized spacial score (nSPS) is 13.9. The maximum Gasteiger partial charge on any atom is 0.247 e. The Kier molecular flexibility index (Phi) is 7.76. The van der Waals surface area contributed by atoms with Crippen LogP contribution in [0.3, 0.4) is 0 Å². The molecule has 0 unspecified atom stereocenters. The molecule has 1 fully saturated rings. The average Bonchev–Trinajstić information content (AvgIpc) is 2.94. The number of aliphatic hydroxyl groups is 1. The number of aromatic nitrogens is 2. The van der Waals surface area contributed by atoms with Crippen molar-refractivity contribution in [2.45, 2.75) is 0 Å². The predicted molar refractivity (Wildman–Crippen MR) is 149 cm³/mol. The number of piperazine rings is 1. The van der Waals surface area contributed by atoms with Crippen molar-refractivity contribution in [1.29, 1.82) is 0 Å². The number of anilines is 4. The molecule has 2 heterocycles. The summed E-state index contributed by atoms with van der Waals surface area (Å²) in [6, 6.07) is 14.6. The van der Waals surface area contributed by atoms with Gasteiger partial charge in [-0.2, -0.15) is 0 Å². The van der Waals surface area contributed by atoms with Crippen molar-refractivity contribution in [3.05, 3.63) is 85.1 Å². The van der Waals surface area contributed by atoms with Crippen LogP contribution in [-0.2, 0) is 4.79 Å². The van der Waals surface area contributed by atoms with Gasteiger partial charge in [-0.3, -0.25) is 9.69 Å². The number of carbonyl (C=O) groups excluding carboxylic acids is 1. The summed E-state index contributed by atoms with van der Waals surface area (Å²) in [6.45, 7) is 7.03. The Balaban J connectivity index is 1.40. The highest BCUT2D eigenvalue weighted by atomic mass is 19.1. The molecule has 10 heteroatoms. The summed E-state index contributed by atoms with van der Waals surface area (Å²) in [5.41, 5.74) is 2.62. The van der Waals surface area contributed by atoms with Crippen LogP contribution in [0.25, 0.3) is 22.0 Å². The van der Waals surface area contributed by atoms with Gasteiger partial charge in [0.2, 0.25) is 11.9 Å². The lowest BCUT2D eigenvalue weighted by atomic mass is 10.0. The fourth-order valence-corrected chi connectivity index (χ4v) is 4.68. The fourth-order valence-electron chi connectivity index (χ4n) is 4.68. The van der Waals surface area contributed by atoms with E-state index in [-0.39, 0.29) is 29.8 Å². The topological polar surface area (TPSA) is 93.6 Å². The summed E-state index contributed by atoms with van der Waals surface area (Å²) < 4.78 is 30.2. The van der Waals surface area contributed by atoms with Gasteiger partial charge in [-0.05, 0) is 54.1 Å². The summed E-state index contributed by atoms with van der Waals surface area (Å²) in [4.78, 5) is 24.7. The van der Waals surface area contributed by atoms with Gasteiger partial charge in [0.25, 0.3) is 0 Å². The van der Waals surface area contributed by atoms with Crippen molar-refractivity contribution in [2.75, 3.05) is 54.9 Å². The van der Waals surface area contributed by atoms with Crippen LogP contribution in [0.4, 0.5) is 31.8 Å². The van der Waals surface area contributed by atoms with Gasteiger partial charge in [0.1, 0.15) is 11.6 Å². The molecule has 1 aliphatic heterocycles. The van der Waals surface area contributed by atoms with E-state index in [1.807, 2.05) is 4.90 Å². The van der Waals surface area contributed by atoms with E-state index in [9.17, 15) is 4.79 Å². The van der Waals surface area contributed by atoms with Crippen LogP contribution in [-0.4, -0.2) is 65.2 Å². The molecule has 0 atom stereocenters. The van der Waals surface area contributed by atoms with E-state index in [0.717, 1.165) is 19.2 Å². The molecule has 8 nitrogen and oxygen atoms in total. The molecule has 200 valence electrons. The summed E-state index contributed by atoms with van der Waals surface area (Å²) >= 11 is 0. The number of amides is 1. The molecule has 39 heavy (non-hydrogen) atoms. The third kappa shape index (κ3) is 5.87. The fraction of sp³-hybridized carbons (Fsp3) is 0.207. The lowest BCUT2D eigenvalue weighted by molar-refractivity contribution is -0.111. The molecule has 1 aromatic heterocycles. The van der Waals surface area contributed by atoms with Gasteiger partial charge in [0, 0.05) is 61.2 Å². The van der Waals surface area contributed by atoms with Crippen molar-refractivity contribution < 1.29 is 18.7 Å². The molecule has 0 spiro atoms. The molecule has 0 radical (unpaired) electrons. The molecule has 0 saturated carbocycles. The van der Waals surface area contributed by atoms with E-state index in [2.05, 4.69) is 32.1 Å². The Hall–Kier alpha value is -4.41. The van der Waals surface area contributed by atoms with Crippen LogP contribution in [0.15, 0.2) is 73.4 Å². The molecule has 4 aromatic rings. The average molecular weight is 531 g/mol. The number of nitrogens with zero attached hydrogens (tertiary/aromatic N) is 4. The molecule has 3 N–H and O–H groups in total. The smallest absolute Gasteiger partial charge is 0.247 e. The zero-order chi connectivity index (χ0) is 27.4. The van der Waals surface area contributed by atoms with Gasteiger partial charge in [-0.25, -0.2) is 18.7 Å². The summed E-state index contributed by atoms with van der Waals surface area (Å²) in [5, 5.41) is 15.5. The first kappa shape index (κ1) is 26.2. The van der Waals surface area contributed by atoms with Crippen molar-refractivity contribution in [3.8, 4) is 11.1 Å². The number of benzene rings is 3. The van der Waals surface area contributed by atoms with E-state index in [1.165, 1.54) is 12.1 Å².